The first-order valence-corrected chi connectivity index (χ1v) is 10.8. The Kier molecular flexibility index (Phi) is 5.67. The summed E-state index contributed by atoms with van der Waals surface area (Å²) in [6.07, 6.45) is 0.245. The van der Waals surface area contributed by atoms with Gasteiger partial charge < -0.3 is 0 Å². The maximum absolute atomic E-state index is 13.3. The third-order valence-electron chi connectivity index (χ3n) is 5.17. The first-order chi connectivity index (χ1) is 14.1. The van der Waals surface area contributed by atoms with Crippen LogP contribution in [0.15, 0.2) is 95.9 Å². The van der Waals surface area contributed by atoms with E-state index in [1.165, 1.54) is 4.90 Å². The molecule has 0 spiro atoms. The van der Waals surface area contributed by atoms with Gasteiger partial charge in [-0.05, 0) is 29.7 Å². The van der Waals surface area contributed by atoms with Crippen LogP contribution in [0.4, 0.5) is 0 Å². The molecule has 1 heterocycles. The van der Waals surface area contributed by atoms with Crippen molar-refractivity contribution in [3.05, 3.63) is 102 Å². The van der Waals surface area contributed by atoms with Crippen LogP contribution in [0.3, 0.4) is 0 Å². The number of rotatable bonds is 5. The minimum Gasteiger partial charge on any atom is -0.277 e. The number of carbonyl (C=O) groups excluding carboxylic acids is 2. The monoisotopic (exact) mass is 403 g/mol. The van der Waals surface area contributed by atoms with Gasteiger partial charge in [0.05, 0.1) is 23.3 Å². The summed E-state index contributed by atoms with van der Waals surface area (Å²) in [7, 11) is -1.53. The molecule has 0 aromatic heterocycles. The standard InChI is InChI=1S/C24H21NO3S/c26-23-21(19-12-6-2-7-13-19)16-22(29(28)20-14-8-3-9-15-20)24(27)25(23)17-18-10-4-1-5-11-18/h1-15,21-22H,16-17H2. The Morgan fingerprint density at radius 2 is 1.31 bits per heavy atom. The highest BCUT2D eigenvalue weighted by Gasteiger charge is 2.44. The van der Waals surface area contributed by atoms with Gasteiger partial charge in [0.25, 0.3) is 0 Å². The second-order valence-electron chi connectivity index (χ2n) is 7.05. The largest absolute Gasteiger partial charge is 0.277 e. The van der Waals surface area contributed by atoms with E-state index >= 15 is 0 Å². The highest BCUT2D eigenvalue weighted by molar-refractivity contribution is 7.86. The molecule has 4 nitrogen and oxygen atoms in total. The van der Waals surface area contributed by atoms with Crippen LogP contribution in [0.25, 0.3) is 0 Å². The maximum atomic E-state index is 13.3. The first-order valence-electron chi connectivity index (χ1n) is 9.55. The highest BCUT2D eigenvalue weighted by Crippen LogP contribution is 2.33. The van der Waals surface area contributed by atoms with Crippen LogP contribution in [-0.4, -0.2) is 26.2 Å². The van der Waals surface area contributed by atoms with Gasteiger partial charge in [-0.25, -0.2) is 0 Å². The van der Waals surface area contributed by atoms with E-state index in [0.29, 0.717) is 4.90 Å². The molecule has 29 heavy (non-hydrogen) atoms. The van der Waals surface area contributed by atoms with Crippen LogP contribution < -0.4 is 0 Å². The van der Waals surface area contributed by atoms with Crippen molar-refractivity contribution < 1.29 is 13.8 Å². The van der Waals surface area contributed by atoms with Crippen LogP contribution in [0.1, 0.15) is 23.5 Å². The van der Waals surface area contributed by atoms with Gasteiger partial charge in [0.15, 0.2) is 0 Å². The Balaban J connectivity index is 1.70. The molecule has 3 atom stereocenters. The molecule has 0 radical (unpaired) electrons. The van der Waals surface area contributed by atoms with Crippen molar-refractivity contribution in [1.82, 2.24) is 4.90 Å². The van der Waals surface area contributed by atoms with Crippen molar-refractivity contribution in [1.29, 1.82) is 0 Å². The molecule has 1 saturated heterocycles. The zero-order chi connectivity index (χ0) is 20.2. The molecule has 146 valence electrons. The minimum absolute atomic E-state index is 0.185. The predicted molar refractivity (Wildman–Crippen MR) is 112 cm³/mol. The van der Waals surface area contributed by atoms with Crippen LogP contribution in [0.5, 0.6) is 0 Å². The van der Waals surface area contributed by atoms with Gasteiger partial charge in [-0.2, -0.15) is 0 Å². The Hall–Kier alpha value is -3.05. The summed E-state index contributed by atoms with van der Waals surface area (Å²) in [4.78, 5) is 28.4. The van der Waals surface area contributed by atoms with E-state index in [4.69, 9.17) is 0 Å². The van der Waals surface area contributed by atoms with Gasteiger partial charge in [-0.3, -0.25) is 18.7 Å². The number of hydrogen-bond donors (Lipinski definition) is 0. The van der Waals surface area contributed by atoms with Crippen LogP contribution in [0, 0.1) is 0 Å². The third kappa shape index (κ3) is 4.05. The van der Waals surface area contributed by atoms with Gasteiger partial charge in [0.1, 0.15) is 5.25 Å². The second-order valence-corrected chi connectivity index (χ2v) is 8.68. The Morgan fingerprint density at radius 3 is 1.93 bits per heavy atom. The van der Waals surface area contributed by atoms with Gasteiger partial charge in [0, 0.05) is 4.90 Å². The number of imide groups is 1. The lowest BCUT2D eigenvalue weighted by Gasteiger charge is -2.35. The molecule has 1 aliphatic rings. The fourth-order valence-electron chi connectivity index (χ4n) is 3.67. The zero-order valence-corrected chi connectivity index (χ0v) is 16.6. The fraction of sp³-hybridized carbons (Fsp3) is 0.167. The normalized spacial score (nSPS) is 20.5. The number of piperidine rings is 1. The molecule has 3 unspecified atom stereocenters. The van der Waals surface area contributed by atoms with Gasteiger partial charge in [-0.15, -0.1) is 0 Å². The van der Waals surface area contributed by atoms with E-state index in [0.717, 1.165) is 11.1 Å². The topological polar surface area (TPSA) is 54.5 Å². The van der Waals surface area contributed by atoms with Crippen molar-refractivity contribution in [3.63, 3.8) is 0 Å². The molecule has 0 bridgehead atoms. The van der Waals surface area contributed by atoms with Gasteiger partial charge in [0.2, 0.25) is 11.8 Å². The van der Waals surface area contributed by atoms with Crippen LogP contribution >= 0.6 is 0 Å². The summed E-state index contributed by atoms with van der Waals surface area (Å²) in [6, 6.07) is 27.8. The van der Waals surface area contributed by atoms with E-state index in [9.17, 15) is 13.8 Å². The van der Waals surface area contributed by atoms with Gasteiger partial charge in [-0.1, -0.05) is 78.9 Å². The average molecular weight is 404 g/mol. The molecule has 1 aliphatic heterocycles. The molecule has 0 aliphatic carbocycles. The molecule has 0 N–H and O–H groups in total. The summed E-state index contributed by atoms with van der Waals surface area (Å²) in [5, 5.41) is -0.760. The molecule has 2 amide bonds. The number of nitrogens with zero attached hydrogens (tertiary/aromatic N) is 1. The van der Waals surface area contributed by atoms with Crippen LogP contribution in [-0.2, 0) is 26.9 Å². The Morgan fingerprint density at radius 1 is 0.759 bits per heavy atom. The minimum atomic E-state index is -1.53. The summed E-state index contributed by atoms with van der Waals surface area (Å²) < 4.78 is 13.2. The molecular formula is C24H21NO3S. The van der Waals surface area contributed by atoms with Crippen molar-refractivity contribution in [3.8, 4) is 0 Å². The molecule has 4 rings (SSSR count). The lowest BCUT2D eigenvalue weighted by Crippen LogP contribution is -2.52. The fourth-order valence-corrected chi connectivity index (χ4v) is 5.10. The average Bonchev–Trinajstić information content (AvgIpc) is 2.78. The van der Waals surface area contributed by atoms with E-state index in [1.807, 2.05) is 78.9 Å². The van der Waals surface area contributed by atoms with Crippen molar-refractivity contribution in [2.75, 3.05) is 0 Å². The smallest absolute Gasteiger partial charge is 0.245 e. The number of likely N-dealkylation sites (tertiary alicyclic amines) is 1. The zero-order valence-electron chi connectivity index (χ0n) is 15.8. The quantitative estimate of drug-likeness (QED) is 0.607. The molecule has 3 aromatic rings. The number of amides is 2. The highest BCUT2D eigenvalue weighted by atomic mass is 32.2. The molecule has 3 aromatic carbocycles. The molecule has 1 fully saturated rings. The number of carbonyl (C=O) groups is 2. The lowest BCUT2D eigenvalue weighted by molar-refractivity contribution is -0.149. The summed E-state index contributed by atoms with van der Waals surface area (Å²) in [5.74, 6) is -1.09. The number of hydrogen-bond acceptors (Lipinski definition) is 3. The van der Waals surface area contributed by atoms with Crippen molar-refractivity contribution in [2.45, 2.75) is 29.0 Å². The van der Waals surface area contributed by atoms with Crippen molar-refractivity contribution in [2.24, 2.45) is 0 Å². The first kappa shape index (κ1) is 19.3. The Bertz CT molecular complexity index is 1020. The van der Waals surface area contributed by atoms with E-state index in [1.54, 1.807) is 12.1 Å². The Labute approximate surface area is 172 Å². The summed E-state index contributed by atoms with van der Waals surface area (Å²) in [5.41, 5.74) is 1.71. The molecule has 5 heteroatoms. The predicted octanol–water partition coefficient (Wildman–Crippen LogP) is 3.91. The molecular weight excluding hydrogens is 382 g/mol. The van der Waals surface area contributed by atoms with Crippen molar-refractivity contribution >= 4 is 22.6 Å². The van der Waals surface area contributed by atoms with E-state index in [-0.39, 0.29) is 24.8 Å². The van der Waals surface area contributed by atoms with Gasteiger partial charge >= 0.3 is 0 Å². The van der Waals surface area contributed by atoms with E-state index < -0.39 is 22.0 Å². The summed E-state index contributed by atoms with van der Waals surface area (Å²) >= 11 is 0. The molecule has 0 saturated carbocycles. The van der Waals surface area contributed by atoms with Crippen LogP contribution in [0.2, 0.25) is 0 Å². The number of benzene rings is 3. The third-order valence-corrected chi connectivity index (χ3v) is 6.82. The lowest BCUT2D eigenvalue weighted by atomic mass is 9.89. The van der Waals surface area contributed by atoms with E-state index in [2.05, 4.69) is 0 Å². The summed E-state index contributed by atoms with van der Waals surface area (Å²) in [6.45, 7) is 0.185. The SMILES string of the molecule is O=C1C(c2ccccc2)CC(S(=O)c2ccccc2)C(=O)N1Cc1ccccc1. The second kappa shape index (κ2) is 8.53. The maximum Gasteiger partial charge on any atom is 0.245 e.